The third-order valence-corrected chi connectivity index (χ3v) is 5.04. The Morgan fingerprint density at radius 1 is 0.941 bits per heavy atom. The third kappa shape index (κ3) is 4.93. The molecular weight excluding hydrogens is 493 g/mol. The van der Waals surface area contributed by atoms with Crippen molar-refractivity contribution in [3.8, 4) is 5.75 Å². The summed E-state index contributed by atoms with van der Waals surface area (Å²) in [6, 6.07) is 16.6. The first-order valence-corrected chi connectivity index (χ1v) is 9.78. The van der Waals surface area contributed by atoms with Crippen molar-refractivity contribution in [1.29, 1.82) is 0 Å². The Bertz CT molecular complexity index is 1230. The number of fused-ring (bicyclic) bond motifs is 1. The van der Waals surface area contributed by atoms with Gasteiger partial charge in [-0.2, -0.15) is 35.8 Å². The molecule has 0 bridgehead atoms. The molecule has 0 aliphatic carbocycles. The van der Waals surface area contributed by atoms with Crippen LogP contribution in [0, 0.1) is 0 Å². The fourth-order valence-electron chi connectivity index (χ4n) is 2.85. The van der Waals surface area contributed by atoms with Crippen LogP contribution in [0.1, 0.15) is 11.1 Å². The molecule has 34 heavy (non-hydrogen) atoms. The standard InChI is InChI=1S/C22H14ClF7N2O2/c23-17-8-4-2-6-14(17)12-34-18-10-9-13-5-1-3-7-15(13)16(18)11-31-32-19(33)20(24,25)21(26,27)22(28,29)30/h1-11H,12H2,(H,32,33)/b31-11-. The maximum Gasteiger partial charge on any atom is 0.460 e. The molecule has 0 saturated carbocycles. The normalized spacial score (nSPS) is 12.8. The first-order valence-electron chi connectivity index (χ1n) is 9.40. The van der Waals surface area contributed by atoms with Gasteiger partial charge >= 0.3 is 23.9 Å². The zero-order valence-corrected chi connectivity index (χ0v) is 17.6. The summed E-state index contributed by atoms with van der Waals surface area (Å²) >= 11 is 6.09. The van der Waals surface area contributed by atoms with Gasteiger partial charge in [0, 0.05) is 16.1 Å². The van der Waals surface area contributed by atoms with E-state index in [-0.39, 0.29) is 17.9 Å². The quantitative estimate of drug-likeness (QED) is 0.230. The zero-order chi connectivity index (χ0) is 25.1. The molecule has 0 radical (unpaired) electrons. The highest BCUT2D eigenvalue weighted by Gasteiger charge is 2.76. The lowest BCUT2D eigenvalue weighted by Gasteiger charge is -2.26. The number of hydrogen-bond acceptors (Lipinski definition) is 3. The van der Waals surface area contributed by atoms with Gasteiger partial charge < -0.3 is 4.74 Å². The van der Waals surface area contributed by atoms with Gasteiger partial charge in [-0.05, 0) is 22.9 Å². The number of carbonyl (C=O) groups is 1. The number of rotatable bonds is 7. The zero-order valence-electron chi connectivity index (χ0n) is 16.8. The van der Waals surface area contributed by atoms with Gasteiger partial charge in [0.05, 0.1) is 6.21 Å². The number of amides is 1. The van der Waals surface area contributed by atoms with Crippen LogP contribution in [-0.4, -0.2) is 30.1 Å². The van der Waals surface area contributed by atoms with Crippen molar-refractivity contribution in [3.05, 3.63) is 76.8 Å². The molecule has 180 valence electrons. The molecule has 12 heteroatoms. The van der Waals surface area contributed by atoms with Gasteiger partial charge in [-0.25, -0.2) is 5.43 Å². The van der Waals surface area contributed by atoms with Gasteiger partial charge in [-0.15, -0.1) is 0 Å². The number of nitrogens with one attached hydrogen (secondary N) is 1. The fraction of sp³-hybridized carbons (Fsp3) is 0.182. The molecule has 0 aliphatic heterocycles. The highest BCUT2D eigenvalue weighted by atomic mass is 35.5. The van der Waals surface area contributed by atoms with E-state index in [0.717, 1.165) is 11.6 Å². The van der Waals surface area contributed by atoms with Crippen molar-refractivity contribution < 1.29 is 40.3 Å². The lowest BCUT2D eigenvalue weighted by atomic mass is 10.0. The minimum atomic E-state index is -6.65. The molecule has 0 atom stereocenters. The number of nitrogens with zero attached hydrogens (tertiary/aromatic N) is 1. The van der Waals surface area contributed by atoms with E-state index in [1.165, 1.54) is 6.07 Å². The molecule has 4 nitrogen and oxygen atoms in total. The van der Waals surface area contributed by atoms with Crippen LogP contribution in [0.3, 0.4) is 0 Å². The molecular formula is C22H14ClF7N2O2. The molecule has 1 amide bonds. The van der Waals surface area contributed by atoms with Crippen molar-refractivity contribution in [2.45, 2.75) is 24.6 Å². The summed E-state index contributed by atoms with van der Waals surface area (Å²) in [7, 11) is 0. The topological polar surface area (TPSA) is 50.7 Å². The minimum absolute atomic E-state index is 0.0128. The SMILES string of the molecule is O=C(N/N=C\c1c(OCc2ccccc2Cl)ccc2ccccc12)C(F)(F)C(F)(F)C(F)(F)F. The van der Waals surface area contributed by atoms with Crippen LogP contribution in [0.5, 0.6) is 5.75 Å². The number of hydrazone groups is 1. The fourth-order valence-corrected chi connectivity index (χ4v) is 3.04. The molecule has 0 aromatic heterocycles. The van der Waals surface area contributed by atoms with Crippen molar-refractivity contribution in [2.24, 2.45) is 5.10 Å². The van der Waals surface area contributed by atoms with Crippen molar-refractivity contribution >= 4 is 34.5 Å². The summed E-state index contributed by atoms with van der Waals surface area (Å²) in [5, 5.41) is 4.71. The van der Waals surface area contributed by atoms with Gasteiger partial charge in [-0.3, -0.25) is 4.79 Å². The van der Waals surface area contributed by atoms with Crippen LogP contribution in [0.4, 0.5) is 30.7 Å². The van der Waals surface area contributed by atoms with Crippen LogP contribution in [-0.2, 0) is 11.4 Å². The minimum Gasteiger partial charge on any atom is -0.488 e. The Balaban J connectivity index is 1.88. The summed E-state index contributed by atoms with van der Waals surface area (Å²) in [6.07, 6.45) is -5.84. The van der Waals surface area contributed by atoms with Crippen LogP contribution in [0.15, 0.2) is 65.8 Å². The largest absolute Gasteiger partial charge is 0.488 e. The van der Waals surface area contributed by atoms with Gasteiger partial charge in [-0.1, -0.05) is 60.1 Å². The number of hydrogen-bond donors (Lipinski definition) is 1. The van der Waals surface area contributed by atoms with E-state index in [4.69, 9.17) is 16.3 Å². The van der Waals surface area contributed by atoms with Crippen LogP contribution in [0.2, 0.25) is 5.02 Å². The number of carbonyl (C=O) groups excluding carboxylic acids is 1. The Morgan fingerprint density at radius 3 is 2.26 bits per heavy atom. The Kier molecular flexibility index (Phi) is 7.06. The van der Waals surface area contributed by atoms with Crippen molar-refractivity contribution in [1.82, 2.24) is 5.43 Å². The Morgan fingerprint density at radius 2 is 1.59 bits per heavy atom. The summed E-state index contributed by atoms with van der Waals surface area (Å²) < 4.78 is 95.7. The van der Waals surface area contributed by atoms with E-state index in [2.05, 4.69) is 5.10 Å². The molecule has 3 aromatic carbocycles. The number of benzene rings is 3. The van der Waals surface area contributed by atoms with Crippen LogP contribution >= 0.6 is 11.6 Å². The summed E-state index contributed by atoms with van der Waals surface area (Å²) in [4.78, 5) is 11.4. The Labute approximate surface area is 193 Å². The molecule has 1 N–H and O–H groups in total. The van der Waals surface area contributed by atoms with Gasteiger partial charge in [0.2, 0.25) is 0 Å². The summed E-state index contributed by atoms with van der Waals surface area (Å²) in [5.74, 6) is -15.5. The van der Waals surface area contributed by atoms with E-state index >= 15 is 0 Å². The Hall–Kier alpha value is -3.34. The lowest BCUT2D eigenvalue weighted by molar-refractivity contribution is -0.344. The third-order valence-electron chi connectivity index (χ3n) is 4.67. The highest BCUT2D eigenvalue weighted by Crippen LogP contribution is 2.46. The molecule has 0 saturated heterocycles. The second-order valence-electron chi connectivity index (χ2n) is 6.92. The number of halogens is 8. The second kappa shape index (κ2) is 9.49. The van der Waals surface area contributed by atoms with Crippen LogP contribution in [0.25, 0.3) is 10.8 Å². The molecule has 0 unspecified atom stereocenters. The molecule has 0 heterocycles. The molecule has 0 spiro atoms. The molecule has 0 aliphatic rings. The maximum absolute atomic E-state index is 13.5. The maximum atomic E-state index is 13.5. The molecule has 3 rings (SSSR count). The second-order valence-corrected chi connectivity index (χ2v) is 7.33. The van der Waals surface area contributed by atoms with Crippen molar-refractivity contribution in [3.63, 3.8) is 0 Å². The van der Waals surface area contributed by atoms with E-state index in [1.807, 2.05) is 0 Å². The van der Waals surface area contributed by atoms with Gasteiger partial charge in [0.15, 0.2) is 0 Å². The van der Waals surface area contributed by atoms with Gasteiger partial charge in [0.1, 0.15) is 12.4 Å². The number of ether oxygens (including phenoxy) is 1. The summed E-state index contributed by atoms with van der Waals surface area (Å²) in [5.41, 5.74) is 1.81. The lowest BCUT2D eigenvalue weighted by Crippen LogP contribution is -2.58. The monoisotopic (exact) mass is 506 g/mol. The highest BCUT2D eigenvalue weighted by molar-refractivity contribution is 6.31. The predicted molar refractivity (Wildman–Crippen MR) is 111 cm³/mol. The van der Waals surface area contributed by atoms with E-state index < -0.39 is 23.9 Å². The smallest absolute Gasteiger partial charge is 0.460 e. The molecule has 0 fully saturated rings. The van der Waals surface area contributed by atoms with Gasteiger partial charge in [0.25, 0.3) is 0 Å². The summed E-state index contributed by atoms with van der Waals surface area (Å²) in [6.45, 7) is -0.0128. The van der Waals surface area contributed by atoms with Crippen molar-refractivity contribution in [2.75, 3.05) is 0 Å². The van der Waals surface area contributed by atoms with E-state index in [0.29, 0.717) is 21.4 Å². The average Bonchev–Trinajstić information content (AvgIpc) is 2.78. The number of alkyl halides is 7. The predicted octanol–water partition coefficient (Wildman–Crippen LogP) is 6.36. The molecule has 3 aromatic rings. The van der Waals surface area contributed by atoms with E-state index in [9.17, 15) is 35.5 Å². The van der Waals surface area contributed by atoms with E-state index in [1.54, 1.807) is 54.6 Å². The first kappa shape index (κ1) is 25.3. The first-order chi connectivity index (χ1) is 15.9. The van der Waals surface area contributed by atoms with Crippen LogP contribution < -0.4 is 10.2 Å². The average molecular weight is 507 g/mol.